The molecule has 0 saturated heterocycles. The standard InChI is InChI=1S/C13H11F3N2OS/c1-7-11(20-8(2)17-7)12(19)18-10-6-4-3-5-9(10)13(14,15)16/h3-6H,1-2H3,(H,18,19). The Morgan fingerprint density at radius 3 is 2.45 bits per heavy atom. The summed E-state index contributed by atoms with van der Waals surface area (Å²) in [7, 11) is 0. The average molecular weight is 300 g/mol. The number of rotatable bonds is 2. The molecule has 1 aromatic carbocycles. The highest BCUT2D eigenvalue weighted by Crippen LogP contribution is 2.35. The zero-order valence-electron chi connectivity index (χ0n) is 10.7. The van der Waals surface area contributed by atoms with Gasteiger partial charge in [-0.15, -0.1) is 11.3 Å². The highest BCUT2D eigenvalue weighted by atomic mass is 32.1. The Kier molecular flexibility index (Phi) is 3.80. The van der Waals surface area contributed by atoms with Crippen molar-refractivity contribution in [3.05, 3.63) is 45.4 Å². The van der Waals surface area contributed by atoms with Gasteiger partial charge in [0.15, 0.2) is 0 Å². The molecule has 0 atom stereocenters. The normalized spacial score (nSPS) is 11.4. The number of alkyl halides is 3. The molecule has 1 amide bonds. The molecule has 0 unspecified atom stereocenters. The largest absolute Gasteiger partial charge is 0.418 e. The van der Waals surface area contributed by atoms with E-state index in [9.17, 15) is 18.0 Å². The molecule has 0 bridgehead atoms. The van der Waals surface area contributed by atoms with Gasteiger partial charge in [0.2, 0.25) is 0 Å². The lowest BCUT2D eigenvalue weighted by molar-refractivity contribution is -0.136. The molecule has 0 fully saturated rings. The summed E-state index contributed by atoms with van der Waals surface area (Å²) in [6.45, 7) is 3.38. The molecule has 7 heteroatoms. The van der Waals surface area contributed by atoms with Crippen molar-refractivity contribution in [3.63, 3.8) is 0 Å². The molecule has 1 heterocycles. The van der Waals surface area contributed by atoms with Gasteiger partial charge in [0, 0.05) is 0 Å². The lowest BCUT2D eigenvalue weighted by Crippen LogP contribution is -2.16. The average Bonchev–Trinajstić information content (AvgIpc) is 2.68. The Labute approximate surface area is 117 Å². The predicted octanol–water partition coefficient (Wildman–Crippen LogP) is 4.03. The van der Waals surface area contributed by atoms with Gasteiger partial charge in [0.05, 0.1) is 22.0 Å². The van der Waals surface area contributed by atoms with E-state index in [-0.39, 0.29) is 5.69 Å². The first-order valence-electron chi connectivity index (χ1n) is 5.70. The number of anilines is 1. The van der Waals surface area contributed by atoms with Gasteiger partial charge in [-0.2, -0.15) is 13.2 Å². The second kappa shape index (κ2) is 5.24. The van der Waals surface area contributed by atoms with E-state index in [4.69, 9.17) is 0 Å². The summed E-state index contributed by atoms with van der Waals surface area (Å²) in [5.41, 5.74) is -0.614. The van der Waals surface area contributed by atoms with E-state index < -0.39 is 17.6 Å². The number of carbonyl (C=O) groups is 1. The van der Waals surface area contributed by atoms with Gasteiger partial charge in [0.1, 0.15) is 4.88 Å². The first-order chi connectivity index (χ1) is 9.29. The summed E-state index contributed by atoms with van der Waals surface area (Å²) >= 11 is 1.15. The van der Waals surface area contributed by atoms with Crippen LogP contribution in [0.3, 0.4) is 0 Å². The van der Waals surface area contributed by atoms with Crippen molar-refractivity contribution in [2.75, 3.05) is 5.32 Å². The van der Waals surface area contributed by atoms with Crippen molar-refractivity contribution in [2.24, 2.45) is 0 Å². The molecule has 0 aliphatic carbocycles. The lowest BCUT2D eigenvalue weighted by atomic mass is 10.1. The van der Waals surface area contributed by atoms with Crippen molar-refractivity contribution in [1.29, 1.82) is 0 Å². The molecule has 1 aromatic heterocycles. The summed E-state index contributed by atoms with van der Waals surface area (Å²) in [6, 6.07) is 4.88. The van der Waals surface area contributed by atoms with Crippen LogP contribution in [0.25, 0.3) is 0 Å². The highest BCUT2D eigenvalue weighted by Gasteiger charge is 2.33. The fourth-order valence-electron chi connectivity index (χ4n) is 1.76. The van der Waals surface area contributed by atoms with Crippen LogP contribution in [0, 0.1) is 13.8 Å². The van der Waals surface area contributed by atoms with Crippen molar-refractivity contribution in [2.45, 2.75) is 20.0 Å². The molecular weight excluding hydrogens is 289 g/mol. The molecular formula is C13H11F3N2OS. The van der Waals surface area contributed by atoms with E-state index in [1.54, 1.807) is 13.8 Å². The van der Waals surface area contributed by atoms with Gasteiger partial charge >= 0.3 is 6.18 Å². The molecule has 0 aliphatic heterocycles. The molecule has 2 aromatic rings. The van der Waals surface area contributed by atoms with E-state index in [1.165, 1.54) is 18.2 Å². The summed E-state index contributed by atoms with van der Waals surface area (Å²) in [5, 5.41) is 2.99. The molecule has 0 radical (unpaired) electrons. The number of carbonyl (C=O) groups excluding carboxylic acids is 1. The number of nitrogens with zero attached hydrogens (tertiary/aromatic N) is 1. The summed E-state index contributed by atoms with van der Waals surface area (Å²) in [4.78, 5) is 16.4. The highest BCUT2D eigenvalue weighted by molar-refractivity contribution is 7.13. The molecule has 0 saturated carbocycles. The van der Waals surface area contributed by atoms with Gasteiger partial charge < -0.3 is 5.32 Å². The van der Waals surface area contributed by atoms with E-state index in [1.807, 2.05) is 0 Å². The smallest absolute Gasteiger partial charge is 0.321 e. The topological polar surface area (TPSA) is 42.0 Å². The van der Waals surface area contributed by atoms with Crippen LogP contribution < -0.4 is 5.32 Å². The number of hydrogen-bond acceptors (Lipinski definition) is 3. The molecule has 0 spiro atoms. The van der Waals surface area contributed by atoms with Crippen LogP contribution >= 0.6 is 11.3 Å². The number of nitrogens with one attached hydrogen (secondary N) is 1. The number of thiazole rings is 1. The summed E-state index contributed by atoms with van der Waals surface area (Å²) in [6.07, 6.45) is -4.51. The lowest BCUT2D eigenvalue weighted by Gasteiger charge is -2.13. The Hall–Kier alpha value is -1.89. The number of aryl methyl sites for hydroxylation is 2. The zero-order chi connectivity index (χ0) is 14.9. The van der Waals surface area contributed by atoms with Crippen LogP contribution in [0.5, 0.6) is 0 Å². The molecule has 3 nitrogen and oxygen atoms in total. The fraction of sp³-hybridized carbons (Fsp3) is 0.231. The van der Waals surface area contributed by atoms with Crippen LogP contribution in [-0.2, 0) is 6.18 Å². The third-order valence-corrected chi connectivity index (χ3v) is 3.66. The third-order valence-electron chi connectivity index (χ3n) is 2.59. The Balaban J connectivity index is 2.31. The number of aromatic nitrogens is 1. The predicted molar refractivity (Wildman–Crippen MR) is 71.0 cm³/mol. The van der Waals surface area contributed by atoms with E-state index in [0.717, 1.165) is 17.4 Å². The Morgan fingerprint density at radius 1 is 1.25 bits per heavy atom. The number of para-hydroxylation sites is 1. The van der Waals surface area contributed by atoms with Crippen molar-refractivity contribution >= 4 is 22.9 Å². The van der Waals surface area contributed by atoms with Gasteiger partial charge in [-0.05, 0) is 26.0 Å². The molecule has 20 heavy (non-hydrogen) atoms. The van der Waals surface area contributed by atoms with Crippen LogP contribution in [0.15, 0.2) is 24.3 Å². The minimum atomic E-state index is -4.51. The van der Waals surface area contributed by atoms with Crippen LogP contribution in [0.4, 0.5) is 18.9 Å². The van der Waals surface area contributed by atoms with E-state index in [0.29, 0.717) is 15.6 Å². The monoisotopic (exact) mass is 300 g/mol. The van der Waals surface area contributed by atoms with E-state index in [2.05, 4.69) is 10.3 Å². The van der Waals surface area contributed by atoms with Crippen LogP contribution in [0.1, 0.15) is 25.9 Å². The zero-order valence-corrected chi connectivity index (χ0v) is 11.5. The third kappa shape index (κ3) is 2.98. The van der Waals surface area contributed by atoms with Crippen molar-refractivity contribution in [1.82, 2.24) is 4.98 Å². The summed E-state index contributed by atoms with van der Waals surface area (Å²) < 4.78 is 38.5. The molecule has 0 aliphatic rings. The second-order valence-corrected chi connectivity index (χ2v) is 5.35. The van der Waals surface area contributed by atoms with Gasteiger partial charge in [-0.25, -0.2) is 4.98 Å². The maximum Gasteiger partial charge on any atom is 0.418 e. The molecule has 2 rings (SSSR count). The fourth-order valence-corrected chi connectivity index (χ4v) is 2.58. The van der Waals surface area contributed by atoms with E-state index >= 15 is 0 Å². The second-order valence-electron chi connectivity index (χ2n) is 4.14. The first-order valence-corrected chi connectivity index (χ1v) is 6.52. The summed E-state index contributed by atoms with van der Waals surface area (Å²) in [5.74, 6) is -0.579. The first kappa shape index (κ1) is 14.5. The SMILES string of the molecule is Cc1nc(C)c(C(=O)Nc2ccccc2C(F)(F)F)s1. The van der Waals surface area contributed by atoms with Gasteiger partial charge in [-0.3, -0.25) is 4.79 Å². The number of benzene rings is 1. The minimum absolute atomic E-state index is 0.254. The Morgan fingerprint density at radius 2 is 1.90 bits per heavy atom. The number of hydrogen-bond donors (Lipinski definition) is 1. The molecule has 106 valence electrons. The van der Waals surface area contributed by atoms with Crippen molar-refractivity contribution < 1.29 is 18.0 Å². The number of amides is 1. The minimum Gasteiger partial charge on any atom is -0.321 e. The van der Waals surface area contributed by atoms with Crippen LogP contribution in [-0.4, -0.2) is 10.9 Å². The quantitative estimate of drug-likeness (QED) is 0.909. The molecule has 1 N–H and O–H groups in total. The maximum atomic E-state index is 12.8. The van der Waals surface area contributed by atoms with Gasteiger partial charge in [-0.1, -0.05) is 12.1 Å². The maximum absolute atomic E-state index is 12.8. The van der Waals surface area contributed by atoms with Gasteiger partial charge in [0.25, 0.3) is 5.91 Å². The van der Waals surface area contributed by atoms with Crippen LogP contribution in [0.2, 0.25) is 0 Å². The Bertz CT molecular complexity index is 649. The van der Waals surface area contributed by atoms with Crippen molar-refractivity contribution in [3.8, 4) is 0 Å². The number of halogens is 3.